The molecular weight excluding hydrogens is 575 g/mol. The summed E-state index contributed by atoms with van der Waals surface area (Å²) < 4.78 is 45.0. The summed E-state index contributed by atoms with van der Waals surface area (Å²) in [6.45, 7) is -0.0679. The van der Waals surface area contributed by atoms with Crippen molar-refractivity contribution in [3.63, 3.8) is 0 Å². The first kappa shape index (κ1) is 31.7. The van der Waals surface area contributed by atoms with Gasteiger partial charge in [0.1, 0.15) is 17.0 Å². The number of rotatable bonds is 11. The molecule has 43 heavy (non-hydrogen) atoms. The molecule has 5 rings (SSSR count). The van der Waals surface area contributed by atoms with Gasteiger partial charge in [0.25, 0.3) is 0 Å². The summed E-state index contributed by atoms with van der Waals surface area (Å²) in [6, 6.07) is 13.8. The van der Waals surface area contributed by atoms with Crippen LogP contribution in [0.2, 0.25) is 0 Å². The van der Waals surface area contributed by atoms with Gasteiger partial charge in [0.2, 0.25) is 11.8 Å². The number of aromatic nitrogens is 1. The van der Waals surface area contributed by atoms with Gasteiger partial charge >= 0.3 is 35.5 Å². The van der Waals surface area contributed by atoms with E-state index in [-0.39, 0.29) is 59.8 Å². The van der Waals surface area contributed by atoms with Crippen LogP contribution in [0.1, 0.15) is 19.3 Å². The molecule has 10 nitrogen and oxygen atoms in total. The number of anilines is 2. The summed E-state index contributed by atoms with van der Waals surface area (Å²) in [5.41, 5.74) is -0.367. The third kappa shape index (κ3) is 7.22. The fourth-order valence-corrected chi connectivity index (χ4v) is 4.23. The molecule has 1 aliphatic carbocycles. The Morgan fingerprint density at radius 3 is 2.19 bits per heavy atom. The van der Waals surface area contributed by atoms with E-state index in [0.29, 0.717) is 40.9 Å². The predicted octanol–water partition coefficient (Wildman–Crippen LogP) is 4.88. The number of pyridine rings is 1. The minimum atomic E-state index is -1.30. The second kappa shape index (κ2) is 13.4. The summed E-state index contributed by atoms with van der Waals surface area (Å²) in [5, 5.41) is 14.5. The van der Waals surface area contributed by atoms with Crippen molar-refractivity contribution in [3.05, 3.63) is 78.5 Å². The van der Waals surface area contributed by atoms with Gasteiger partial charge in [0.15, 0.2) is 23.1 Å². The molecule has 1 aromatic heterocycles. The topological polar surface area (TPSA) is 136 Å². The Kier molecular flexibility index (Phi) is 9.84. The van der Waals surface area contributed by atoms with Crippen molar-refractivity contribution < 1.29 is 42.5 Å². The van der Waals surface area contributed by atoms with Gasteiger partial charge in [-0.15, -0.1) is 0 Å². The van der Waals surface area contributed by atoms with Crippen molar-refractivity contribution in [1.82, 2.24) is 4.98 Å². The van der Waals surface area contributed by atoms with Crippen LogP contribution >= 0.6 is 0 Å². The second-order valence-electron chi connectivity index (χ2n) is 9.57. The van der Waals surface area contributed by atoms with Crippen LogP contribution < -0.4 is 24.8 Å². The first-order valence-electron chi connectivity index (χ1n) is 12.9. The van der Waals surface area contributed by atoms with E-state index in [0.717, 1.165) is 6.07 Å². The Morgan fingerprint density at radius 2 is 1.56 bits per heavy atom. The number of aliphatic carboxylic acids is 1. The quantitative estimate of drug-likeness (QED) is 0.164. The summed E-state index contributed by atoms with van der Waals surface area (Å²) in [4.78, 5) is 40.8. The minimum absolute atomic E-state index is 0. The molecule has 1 heterocycles. The Balaban J connectivity index is 0.00000423. The zero-order chi connectivity index (χ0) is 29.9. The van der Waals surface area contributed by atoms with Gasteiger partial charge < -0.3 is 30.0 Å². The number of benzene rings is 3. The van der Waals surface area contributed by atoms with Crippen LogP contribution in [0.5, 0.6) is 23.0 Å². The normalized spacial score (nSPS) is 12.9. The fourth-order valence-electron chi connectivity index (χ4n) is 4.23. The van der Waals surface area contributed by atoms with Crippen molar-refractivity contribution in [3.8, 4) is 23.0 Å². The first-order chi connectivity index (χ1) is 20.2. The van der Waals surface area contributed by atoms with Crippen molar-refractivity contribution in [2.45, 2.75) is 19.3 Å². The van der Waals surface area contributed by atoms with Gasteiger partial charge in [0, 0.05) is 35.1 Å². The molecule has 1 fully saturated rings. The van der Waals surface area contributed by atoms with E-state index in [4.69, 9.17) is 19.3 Å². The molecule has 0 atom stereocenters. The number of nitrogens with one attached hydrogen (secondary N) is 2. The molecule has 0 unspecified atom stereocenters. The second-order valence-corrected chi connectivity index (χ2v) is 9.57. The molecule has 3 aromatic carbocycles. The maximum atomic E-state index is 15.1. The number of halogens is 2. The molecular formula is C30H26F2N3NaO7. The first-order valence-corrected chi connectivity index (χ1v) is 12.9. The molecule has 1 saturated carbocycles. The molecule has 4 aromatic rings. The molecule has 1 aliphatic rings. The molecule has 0 radical (unpaired) electrons. The van der Waals surface area contributed by atoms with Gasteiger partial charge in [0.05, 0.1) is 25.7 Å². The van der Waals surface area contributed by atoms with Crippen LogP contribution in [0.25, 0.3) is 10.9 Å². The third-order valence-corrected chi connectivity index (χ3v) is 6.69. The van der Waals surface area contributed by atoms with Gasteiger partial charge in [-0.1, -0.05) is 0 Å². The van der Waals surface area contributed by atoms with E-state index in [1.165, 1.54) is 49.7 Å². The SMILES string of the molecule is COc1cc2c(Oc3ccc(NC(=O)C4(C(=O)Nc5ccc(F)cc5)CC4)cc3F)ccnc2cc1OCCC(=O)O.[NaH]. The van der Waals surface area contributed by atoms with Crippen molar-refractivity contribution in [2.24, 2.45) is 5.41 Å². The number of carbonyl (C=O) groups is 3. The summed E-state index contributed by atoms with van der Waals surface area (Å²) >= 11 is 0. The zero-order valence-electron chi connectivity index (χ0n) is 22.3. The number of amides is 2. The van der Waals surface area contributed by atoms with E-state index in [1.54, 1.807) is 18.2 Å². The molecule has 13 heteroatoms. The van der Waals surface area contributed by atoms with Crippen molar-refractivity contribution in [1.29, 1.82) is 0 Å². The van der Waals surface area contributed by atoms with Crippen molar-refractivity contribution in [2.75, 3.05) is 24.4 Å². The van der Waals surface area contributed by atoms with Gasteiger partial charge in [-0.3, -0.25) is 19.4 Å². The number of carboxylic acid groups (broad SMARTS) is 1. The number of hydrogen-bond donors (Lipinski definition) is 3. The molecule has 0 bridgehead atoms. The van der Waals surface area contributed by atoms with Gasteiger partial charge in [-0.25, -0.2) is 8.78 Å². The summed E-state index contributed by atoms with van der Waals surface area (Å²) in [5.74, 6) is -2.59. The molecule has 3 N–H and O–H groups in total. The fraction of sp³-hybridized carbons (Fsp3) is 0.200. The van der Waals surface area contributed by atoms with E-state index in [1.807, 2.05) is 0 Å². The molecule has 218 valence electrons. The van der Waals surface area contributed by atoms with Crippen molar-refractivity contribution >= 4 is 69.6 Å². The average molecular weight is 602 g/mol. The molecule has 0 spiro atoms. The van der Waals surface area contributed by atoms with E-state index in [2.05, 4.69) is 15.6 Å². The molecule has 2 amide bonds. The van der Waals surface area contributed by atoms with Gasteiger partial charge in [-0.2, -0.15) is 0 Å². The Labute approximate surface area is 266 Å². The third-order valence-electron chi connectivity index (χ3n) is 6.69. The average Bonchev–Trinajstić information content (AvgIpc) is 3.78. The van der Waals surface area contributed by atoms with Crippen LogP contribution in [-0.4, -0.2) is 71.1 Å². The summed E-state index contributed by atoms with van der Waals surface area (Å²) in [7, 11) is 1.42. The predicted molar refractivity (Wildman–Crippen MR) is 155 cm³/mol. The number of ether oxygens (including phenoxy) is 3. The maximum absolute atomic E-state index is 15.1. The Hall–Kier alpha value is -4.26. The number of fused-ring (bicyclic) bond motifs is 1. The van der Waals surface area contributed by atoms with E-state index in [9.17, 15) is 18.8 Å². The van der Waals surface area contributed by atoms with Gasteiger partial charge in [-0.05, 0) is 61.4 Å². The van der Waals surface area contributed by atoms with Crippen LogP contribution in [0.3, 0.4) is 0 Å². The molecule has 0 saturated heterocycles. The summed E-state index contributed by atoms with van der Waals surface area (Å²) in [6.07, 6.45) is 1.91. The number of carbonyl (C=O) groups excluding carboxylic acids is 2. The zero-order valence-corrected chi connectivity index (χ0v) is 22.3. The van der Waals surface area contributed by atoms with Crippen LogP contribution in [0.4, 0.5) is 20.2 Å². The number of hydrogen-bond acceptors (Lipinski definition) is 7. The standard InChI is InChI=1S/C30H25F2N3O7.Na.H/c1-40-25-15-20-22(16-26(25)41-13-9-27(36)37)33-12-8-23(20)42-24-7-6-19(14-21(24)32)35-29(39)30(10-11-30)28(38)34-18-4-2-17(31)3-5-18;;/h2-8,12,14-16H,9-11,13H2,1H3,(H,34,38)(H,35,39)(H,36,37);;. The Morgan fingerprint density at radius 1 is 0.884 bits per heavy atom. The Bertz CT molecular complexity index is 1680. The van der Waals surface area contributed by atoms with E-state index >= 15 is 4.39 Å². The monoisotopic (exact) mass is 601 g/mol. The van der Waals surface area contributed by atoms with Crippen LogP contribution in [0.15, 0.2) is 66.9 Å². The number of methoxy groups -OCH3 is 1. The number of carboxylic acids is 1. The molecule has 0 aliphatic heterocycles. The van der Waals surface area contributed by atoms with Crippen LogP contribution in [0, 0.1) is 17.0 Å². The van der Waals surface area contributed by atoms with Crippen LogP contribution in [-0.2, 0) is 14.4 Å². The van der Waals surface area contributed by atoms with E-state index < -0.39 is 34.8 Å². The number of nitrogens with zero attached hydrogens (tertiary/aromatic N) is 1.